The molecule has 1 saturated carbocycles. The number of ketones is 1. The summed E-state index contributed by atoms with van der Waals surface area (Å²) in [6, 6.07) is 0. The van der Waals surface area contributed by atoms with Crippen LogP contribution >= 0.6 is 11.3 Å². The molecule has 220 valence electrons. The van der Waals surface area contributed by atoms with Crippen LogP contribution in [0.2, 0.25) is 0 Å². The van der Waals surface area contributed by atoms with Gasteiger partial charge in [-0.15, -0.1) is 11.3 Å². The van der Waals surface area contributed by atoms with Crippen molar-refractivity contribution in [2.45, 2.75) is 93.1 Å². The Morgan fingerprint density at radius 2 is 1.98 bits per heavy atom. The number of nitrogens with one attached hydrogen (secondary N) is 2. The lowest BCUT2D eigenvalue weighted by atomic mass is 10.1. The zero-order valence-corrected chi connectivity index (χ0v) is 26.3. The number of unbranched alkanes of at least 4 members (excludes halogenated alkanes) is 1. The zero-order valence-electron chi connectivity index (χ0n) is 25.5. The monoisotopic (exact) mass is 567 g/mol. The van der Waals surface area contributed by atoms with Crippen molar-refractivity contribution in [3.8, 4) is 11.3 Å². The molecular weight excluding hydrogens is 518 g/mol. The second kappa shape index (κ2) is 19.9. The first-order valence-electron chi connectivity index (χ1n) is 14.4. The van der Waals surface area contributed by atoms with Gasteiger partial charge in [0.15, 0.2) is 5.78 Å². The molecule has 1 atom stereocenters. The maximum Gasteiger partial charge on any atom is 0.211 e. The van der Waals surface area contributed by atoms with E-state index in [0.717, 1.165) is 45.6 Å². The van der Waals surface area contributed by atoms with E-state index in [9.17, 15) is 9.59 Å². The molecule has 2 aromatic rings. The first-order valence-corrected chi connectivity index (χ1v) is 15.3. The smallest absolute Gasteiger partial charge is 0.211 e. The lowest BCUT2D eigenvalue weighted by Gasteiger charge is -2.14. The predicted octanol–water partition coefficient (Wildman–Crippen LogP) is 8.68. The first kappa shape index (κ1) is 35.0. The zero-order chi connectivity index (χ0) is 29.9. The molecule has 1 aliphatic carbocycles. The highest BCUT2D eigenvalue weighted by Crippen LogP contribution is 2.35. The van der Waals surface area contributed by atoms with Gasteiger partial charge in [-0.2, -0.15) is 0 Å². The number of rotatable bonds is 14. The van der Waals surface area contributed by atoms with Crippen LogP contribution in [0.25, 0.3) is 22.9 Å². The van der Waals surface area contributed by atoms with Crippen molar-refractivity contribution >= 4 is 35.2 Å². The molecular formula is C33H49N3O3S. The van der Waals surface area contributed by atoms with Gasteiger partial charge >= 0.3 is 0 Å². The van der Waals surface area contributed by atoms with Gasteiger partial charge in [-0.3, -0.25) is 9.59 Å². The molecule has 2 aromatic heterocycles. The number of hydrogen-bond acceptors (Lipinski definition) is 5. The van der Waals surface area contributed by atoms with Crippen molar-refractivity contribution in [3.63, 3.8) is 0 Å². The number of aromatic amines is 1. The third-order valence-corrected chi connectivity index (χ3v) is 7.09. The number of allylic oxidation sites excluding steroid dienone is 5. The molecule has 2 N–H and O–H groups in total. The number of aromatic nitrogens is 2. The fourth-order valence-electron chi connectivity index (χ4n) is 3.81. The van der Waals surface area contributed by atoms with E-state index in [2.05, 4.69) is 44.6 Å². The number of amides is 1. The standard InChI is InChI=1S/C20H21N3O2S.C10H20O.C3H8/c1-5-6-7-17-14(3)22-10-18(17)19-11-26-20(23-19)13(2)8-16(15(4)25)9-21-12-24;1-3-5-8-11-10(4-2)9-6-7-9;1-3-2/h5-12,22H,1H2,2-4H3,(H,21,24);9-10H,3-8H2,1-2H3;3H2,1-2H3/b7-6-,13-8+,16-9+;;. The van der Waals surface area contributed by atoms with Crippen LogP contribution in [0.15, 0.2) is 48.2 Å². The highest BCUT2D eigenvalue weighted by Gasteiger charge is 2.30. The van der Waals surface area contributed by atoms with Gasteiger partial charge in [-0.05, 0) is 64.0 Å². The van der Waals surface area contributed by atoms with E-state index in [1.54, 1.807) is 12.2 Å². The number of H-pyrrole nitrogens is 1. The van der Waals surface area contributed by atoms with Crippen molar-refractivity contribution in [3.05, 3.63) is 64.4 Å². The number of ether oxygens (including phenoxy) is 1. The minimum absolute atomic E-state index is 0.131. The van der Waals surface area contributed by atoms with Gasteiger partial charge in [0.05, 0.1) is 11.8 Å². The summed E-state index contributed by atoms with van der Waals surface area (Å²) in [6.45, 7) is 18.7. The van der Waals surface area contributed by atoms with Crippen molar-refractivity contribution in [2.24, 2.45) is 5.92 Å². The first-order chi connectivity index (χ1) is 19.3. The second-order valence-electron chi connectivity index (χ2n) is 9.86. The van der Waals surface area contributed by atoms with Crippen LogP contribution < -0.4 is 5.32 Å². The summed E-state index contributed by atoms with van der Waals surface area (Å²) in [5.74, 6) is 0.783. The van der Waals surface area contributed by atoms with E-state index < -0.39 is 0 Å². The normalized spacial score (nSPS) is 14.1. The van der Waals surface area contributed by atoms with Crippen molar-refractivity contribution in [1.82, 2.24) is 15.3 Å². The van der Waals surface area contributed by atoms with Crippen LogP contribution in [-0.2, 0) is 14.3 Å². The lowest BCUT2D eigenvalue weighted by Crippen LogP contribution is -2.14. The Morgan fingerprint density at radius 1 is 1.27 bits per heavy atom. The Hall–Kier alpha value is -3.03. The Kier molecular flexibility index (Phi) is 17.4. The number of carbonyl (C=O) groups is 2. The number of carbonyl (C=O) groups excluding carboxylic acids is 2. The molecule has 40 heavy (non-hydrogen) atoms. The fraction of sp³-hybridized carbons (Fsp3) is 0.485. The molecule has 2 heterocycles. The van der Waals surface area contributed by atoms with E-state index in [0.29, 0.717) is 18.1 Å². The molecule has 0 spiro atoms. The van der Waals surface area contributed by atoms with E-state index >= 15 is 0 Å². The second-order valence-corrected chi connectivity index (χ2v) is 10.7. The molecule has 6 nitrogen and oxygen atoms in total. The predicted molar refractivity (Wildman–Crippen MR) is 171 cm³/mol. The quantitative estimate of drug-likeness (QED) is 0.103. The molecule has 3 rings (SSSR count). The van der Waals surface area contributed by atoms with Gasteiger partial charge in [-0.1, -0.05) is 65.3 Å². The molecule has 0 radical (unpaired) electrons. The molecule has 1 amide bonds. The number of aryl methyl sites for hydroxylation is 1. The SMILES string of the molecule is C=C/C=C\c1c(-c2csc(/C(C)=C/C(=C\NC=O)C(C)=O)n2)c[nH]c1C.CCC.CCCCOC(CC)C1CC1. The van der Waals surface area contributed by atoms with Crippen LogP contribution in [0.5, 0.6) is 0 Å². The lowest BCUT2D eigenvalue weighted by molar-refractivity contribution is -0.113. The minimum atomic E-state index is -0.131. The topological polar surface area (TPSA) is 84.1 Å². The number of nitrogens with zero attached hydrogens (tertiary/aromatic N) is 1. The maximum atomic E-state index is 11.7. The minimum Gasteiger partial charge on any atom is -0.378 e. The summed E-state index contributed by atoms with van der Waals surface area (Å²) in [5.41, 5.74) is 5.28. The average molecular weight is 568 g/mol. The van der Waals surface area contributed by atoms with Gasteiger partial charge < -0.3 is 15.0 Å². The van der Waals surface area contributed by atoms with E-state index in [1.807, 2.05) is 37.6 Å². The van der Waals surface area contributed by atoms with Crippen LogP contribution in [0, 0.1) is 12.8 Å². The van der Waals surface area contributed by atoms with Crippen molar-refractivity contribution < 1.29 is 14.3 Å². The van der Waals surface area contributed by atoms with Gasteiger partial charge in [0.1, 0.15) is 5.01 Å². The Bertz CT molecular complexity index is 1140. The summed E-state index contributed by atoms with van der Waals surface area (Å²) in [4.78, 5) is 30.0. The molecule has 0 aromatic carbocycles. The molecule has 1 aliphatic rings. The van der Waals surface area contributed by atoms with Gasteiger partial charge in [0.25, 0.3) is 0 Å². The third-order valence-electron chi connectivity index (χ3n) is 6.11. The highest BCUT2D eigenvalue weighted by atomic mass is 32.1. The number of Topliss-reactive ketones (excluding diaryl/α,β-unsaturated/α-hetero) is 1. The van der Waals surface area contributed by atoms with Gasteiger partial charge in [-0.25, -0.2) is 4.98 Å². The van der Waals surface area contributed by atoms with E-state index in [4.69, 9.17) is 9.72 Å². The summed E-state index contributed by atoms with van der Waals surface area (Å²) >= 11 is 1.51. The average Bonchev–Trinajstić information content (AvgIpc) is 3.54. The van der Waals surface area contributed by atoms with Crippen LogP contribution in [-0.4, -0.2) is 34.9 Å². The van der Waals surface area contributed by atoms with Crippen molar-refractivity contribution in [1.29, 1.82) is 0 Å². The third kappa shape index (κ3) is 12.4. The van der Waals surface area contributed by atoms with Crippen LogP contribution in [0.4, 0.5) is 0 Å². The molecule has 1 unspecified atom stereocenters. The summed E-state index contributed by atoms with van der Waals surface area (Å²) in [7, 11) is 0. The Balaban J connectivity index is 0.000000472. The number of thiazole rings is 1. The molecule has 0 aliphatic heterocycles. The van der Waals surface area contributed by atoms with Crippen LogP contribution in [0.1, 0.15) is 96.3 Å². The summed E-state index contributed by atoms with van der Waals surface area (Å²) in [5, 5.41) is 5.21. The molecule has 1 fully saturated rings. The highest BCUT2D eigenvalue weighted by molar-refractivity contribution is 7.11. The summed E-state index contributed by atoms with van der Waals surface area (Å²) < 4.78 is 5.76. The largest absolute Gasteiger partial charge is 0.378 e. The fourth-order valence-corrected chi connectivity index (χ4v) is 4.60. The van der Waals surface area contributed by atoms with Gasteiger partial charge in [0, 0.05) is 46.8 Å². The van der Waals surface area contributed by atoms with Crippen LogP contribution in [0.3, 0.4) is 0 Å². The molecule has 7 heteroatoms. The summed E-state index contributed by atoms with van der Waals surface area (Å²) in [6.07, 6.45) is 19.5. The Labute approximate surface area is 245 Å². The van der Waals surface area contributed by atoms with E-state index in [-0.39, 0.29) is 5.78 Å². The van der Waals surface area contributed by atoms with E-state index in [1.165, 1.54) is 63.0 Å². The van der Waals surface area contributed by atoms with Crippen molar-refractivity contribution in [2.75, 3.05) is 6.61 Å². The number of hydrogen-bond donors (Lipinski definition) is 2. The van der Waals surface area contributed by atoms with Gasteiger partial charge in [0.2, 0.25) is 6.41 Å². The maximum absolute atomic E-state index is 11.7. The molecule has 0 saturated heterocycles. The molecule has 0 bridgehead atoms. The Morgan fingerprint density at radius 3 is 2.52 bits per heavy atom.